The number of aryl methyl sites for hydroxylation is 1. The molecule has 0 fully saturated rings. The van der Waals surface area contributed by atoms with E-state index in [1.165, 1.54) is 16.1 Å². The second-order valence-electron chi connectivity index (χ2n) is 6.76. The van der Waals surface area contributed by atoms with Crippen molar-refractivity contribution in [2.45, 2.75) is 12.7 Å². The first-order valence-electron chi connectivity index (χ1n) is 8.76. The summed E-state index contributed by atoms with van der Waals surface area (Å²) in [5.41, 5.74) is 2.27. The highest BCUT2D eigenvalue weighted by Crippen LogP contribution is 2.32. The van der Waals surface area contributed by atoms with Crippen LogP contribution in [0.15, 0.2) is 42.9 Å². The third kappa shape index (κ3) is 3.12. The van der Waals surface area contributed by atoms with E-state index in [4.69, 9.17) is 11.6 Å². The molecule has 4 aromatic heterocycles. The van der Waals surface area contributed by atoms with Gasteiger partial charge in [0.2, 0.25) is 5.28 Å². The van der Waals surface area contributed by atoms with Crippen LogP contribution in [0.5, 0.6) is 0 Å². The Labute approximate surface area is 176 Å². The summed E-state index contributed by atoms with van der Waals surface area (Å²) in [6.07, 6.45) is -0.0337. The fourth-order valence-electron chi connectivity index (χ4n) is 3.42. The van der Waals surface area contributed by atoms with E-state index in [-0.39, 0.29) is 11.1 Å². The van der Waals surface area contributed by atoms with Gasteiger partial charge in [-0.05, 0) is 28.7 Å². The molecule has 0 saturated heterocycles. The Kier molecular flexibility index (Phi) is 4.30. The van der Waals surface area contributed by atoms with Gasteiger partial charge in [-0.15, -0.1) is 0 Å². The molecule has 0 aliphatic rings. The van der Waals surface area contributed by atoms with Crippen LogP contribution in [0.25, 0.3) is 32.6 Å². The number of benzene rings is 1. The number of halogens is 4. The van der Waals surface area contributed by atoms with Gasteiger partial charge >= 0.3 is 6.18 Å². The Balaban J connectivity index is 1.51. The molecule has 0 spiro atoms. The van der Waals surface area contributed by atoms with Crippen molar-refractivity contribution in [3.05, 3.63) is 59.4 Å². The Hall–Kier alpha value is -2.98. The first kappa shape index (κ1) is 19.0. The summed E-state index contributed by atoms with van der Waals surface area (Å²) in [7, 11) is 1.54. The van der Waals surface area contributed by atoms with Gasteiger partial charge in [-0.2, -0.15) is 22.5 Å². The Morgan fingerprint density at radius 2 is 1.87 bits per heavy atom. The molecule has 0 saturated carbocycles. The minimum Gasteiger partial charge on any atom is -0.333 e. The number of imidazole rings is 1. The zero-order chi connectivity index (χ0) is 21.0. The van der Waals surface area contributed by atoms with E-state index in [1.807, 2.05) is 16.7 Å². The van der Waals surface area contributed by atoms with Crippen molar-refractivity contribution in [2.24, 2.45) is 7.05 Å². The standard InChI is InChI=1S/C19H12ClF3N6S/c1-28-9-14(19(21,22)23)26-16(28)11-4-2-10(3-5-11)8-29-13-7-25-30-15(13)12-6-24-18(20)27-17(12)29/h2-7,9H,8H2,1H3. The molecular formula is C19H12ClF3N6S. The zero-order valence-corrected chi connectivity index (χ0v) is 16.9. The minimum absolute atomic E-state index is 0.160. The molecule has 0 N–H and O–H groups in total. The molecule has 1 aromatic carbocycles. The monoisotopic (exact) mass is 448 g/mol. The first-order valence-corrected chi connectivity index (χ1v) is 9.91. The third-order valence-corrected chi connectivity index (χ3v) is 5.81. The number of alkyl halides is 3. The summed E-state index contributed by atoms with van der Waals surface area (Å²) in [5, 5.41) is 1.04. The third-order valence-electron chi connectivity index (χ3n) is 4.80. The lowest BCUT2D eigenvalue weighted by atomic mass is 10.1. The number of nitrogens with zero attached hydrogens (tertiary/aromatic N) is 6. The lowest BCUT2D eigenvalue weighted by molar-refractivity contribution is -0.140. The van der Waals surface area contributed by atoms with Crippen molar-refractivity contribution >= 4 is 44.4 Å². The van der Waals surface area contributed by atoms with Crippen LogP contribution >= 0.6 is 23.1 Å². The molecule has 5 rings (SSSR count). The SMILES string of the molecule is Cn1cc(C(F)(F)F)nc1-c1ccc(Cn2c3cnsc3c3cnc(Cl)nc32)cc1. The zero-order valence-electron chi connectivity index (χ0n) is 15.4. The number of hydrogen-bond acceptors (Lipinski definition) is 5. The Morgan fingerprint density at radius 3 is 2.57 bits per heavy atom. The Morgan fingerprint density at radius 1 is 1.10 bits per heavy atom. The molecule has 0 unspecified atom stereocenters. The second kappa shape index (κ2) is 6.78. The van der Waals surface area contributed by atoms with Gasteiger partial charge in [0.1, 0.15) is 11.5 Å². The van der Waals surface area contributed by atoms with Gasteiger partial charge < -0.3 is 9.13 Å². The molecule has 0 aliphatic carbocycles. The molecule has 0 radical (unpaired) electrons. The van der Waals surface area contributed by atoms with Crippen molar-refractivity contribution in [3.63, 3.8) is 0 Å². The van der Waals surface area contributed by atoms with Crippen LogP contribution in [-0.4, -0.2) is 28.5 Å². The molecule has 0 atom stereocenters. The van der Waals surface area contributed by atoms with E-state index in [2.05, 4.69) is 19.3 Å². The molecular weight excluding hydrogens is 437 g/mol. The van der Waals surface area contributed by atoms with E-state index in [9.17, 15) is 13.2 Å². The Bertz CT molecular complexity index is 1380. The molecule has 0 bridgehead atoms. The summed E-state index contributed by atoms with van der Waals surface area (Å²) in [5.74, 6) is 0.254. The van der Waals surface area contributed by atoms with Gasteiger partial charge in [0.25, 0.3) is 0 Å². The minimum atomic E-state index is -4.48. The topological polar surface area (TPSA) is 61.4 Å². The van der Waals surface area contributed by atoms with E-state index in [0.29, 0.717) is 17.8 Å². The van der Waals surface area contributed by atoms with Gasteiger partial charge in [0.05, 0.1) is 21.8 Å². The second-order valence-corrected chi connectivity index (χ2v) is 7.90. The molecule has 5 aromatic rings. The van der Waals surface area contributed by atoms with Gasteiger partial charge in [-0.1, -0.05) is 24.3 Å². The molecule has 0 aliphatic heterocycles. The normalized spacial score (nSPS) is 12.3. The highest BCUT2D eigenvalue weighted by atomic mass is 35.5. The van der Waals surface area contributed by atoms with Crippen LogP contribution in [-0.2, 0) is 19.8 Å². The molecule has 152 valence electrons. The van der Waals surface area contributed by atoms with E-state index < -0.39 is 11.9 Å². The highest BCUT2D eigenvalue weighted by molar-refractivity contribution is 7.14. The maximum atomic E-state index is 12.9. The summed E-state index contributed by atoms with van der Waals surface area (Å²) < 4.78 is 47.4. The van der Waals surface area contributed by atoms with Crippen LogP contribution in [0.3, 0.4) is 0 Å². The van der Waals surface area contributed by atoms with E-state index >= 15 is 0 Å². The van der Waals surface area contributed by atoms with E-state index in [1.54, 1.807) is 31.6 Å². The lowest BCUT2D eigenvalue weighted by Crippen LogP contribution is -2.04. The fraction of sp³-hybridized carbons (Fsp3) is 0.158. The summed E-state index contributed by atoms with van der Waals surface area (Å²) >= 11 is 7.35. The maximum absolute atomic E-state index is 12.9. The van der Waals surface area contributed by atoms with Crippen LogP contribution in [0.1, 0.15) is 11.3 Å². The van der Waals surface area contributed by atoms with Gasteiger partial charge in [-0.25, -0.2) is 9.97 Å². The molecule has 11 heteroatoms. The van der Waals surface area contributed by atoms with Gasteiger partial charge in [0.15, 0.2) is 5.69 Å². The molecule has 6 nitrogen and oxygen atoms in total. The maximum Gasteiger partial charge on any atom is 0.434 e. The van der Waals surface area contributed by atoms with E-state index in [0.717, 1.165) is 27.4 Å². The fourth-order valence-corrected chi connectivity index (χ4v) is 4.30. The van der Waals surface area contributed by atoms with Crippen molar-refractivity contribution in [3.8, 4) is 11.4 Å². The first-order chi connectivity index (χ1) is 14.3. The quantitative estimate of drug-likeness (QED) is 0.358. The lowest BCUT2D eigenvalue weighted by Gasteiger charge is -2.08. The predicted molar refractivity (Wildman–Crippen MR) is 108 cm³/mol. The van der Waals surface area contributed by atoms with Gasteiger partial charge in [0, 0.05) is 31.5 Å². The largest absolute Gasteiger partial charge is 0.434 e. The smallest absolute Gasteiger partial charge is 0.333 e. The molecule has 30 heavy (non-hydrogen) atoms. The van der Waals surface area contributed by atoms with Crippen molar-refractivity contribution in [1.82, 2.24) is 28.5 Å². The average Bonchev–Trinajstić information content (AvgIpc) is 3.38. The summed E-state index contributed by atoms with van der Waals surface area (Å²) in [6, 6.07) is 7.23. The van der Waals surface area contributed by atoms with Crippen molar-refractivity contribution < 1.29 is 13.2 Å². The predicted octanol–water partition coefficient (Wildman–Crippen LogP) is 5.16. The van der Waals surface area contributed by atoms with Crippen LogP contribution in [0, 0.1) is 0 Å². The number of aromatic nitrogens is 6. The number of rotatable bonds is 3. The average molecular weight is 449 g/mol. The number of hydrogen-bond donors (Lipinski definition) is 0. The number of fused-ring (bicyclic) bond motifs is 3. The van der Waals surface area contributed by atoms with Crippen molar-refractivity contribution in [2.75, 3.05) is 0 Å². The highest BCUT2D eigenvalue weighted by Gasteiger charge is 2.34. The van der Waals surface area contributed by atoms with Crippen molar-refractivity contribution in [1.29, 1.82) is 0 Å². The summed E-state index contributed by atoms with van der Waals surface area (Å²) in [4.78, 5) is 12.2. The van der Waals surface area contributed by atoms with Crippen LogP contribution in [0.2, 0.25) is 5.28 Å². The molecule has 4 heterocycles. The summed E-state index contributed by atoms with van der Waals surface area (Å²) in [6.45, 7) is 0.500. The van der Waals surface area contributed by atoms with Crippen LogP contribution < -0.4 is 0 Å². The molecule has 0 amide bonds. The van der Waals surface area contributed by atoms with Gasteiger partial charge in [-0.3, -0.25) is 0 Å². The van der Waals surface area contributed by atoms with Crippen LogP contribution in [0.4, 0.5) is 13.2 Å².